The average Bonchev–Trinajstić information content (AvgIpc) is 2.82. The van der Waals surface area contributed by atoms with Crippen LogP contribution in [0.15, 0.2) is 18.9 Å². The van der Waals surface area contributed by atoms with Gasteiger partial charge in [0.2, 0.25) is 0 Å². The Labute approximate surface area is 116 Å². The third-order valence-electron chi connectivity index (χ3n) is 2.86. The molecule has 0 amide bonds. The quantitative estimate of drug-likeness (QED) is 0.837. The van der Waals surface area contributed by atoms with Gasteiger partial charge in [0.15, 0.2) is 5.65 Å². The summed E-state index contributed by atoms with van der Waals surface area (Å²) in [6.45, 7) is 5.24. The SMILES string of the molecule is CC(C)(C)C(=O)OCC(CO)n1cnc2cncnc21. The van der Waals surface area contributed by atoms with Crippen molar-refractivity contribution >= 4 is 17.1 Å². The van der Waals surface area contributed by atoms with E-state index in [1.54, 1.807) is 37.9 Å². The number of fused-ring (bicyclic) bond motifs is 1. The minimum Gasteiger partial charge on any atom is -0.463 e. The van der Waals surface area contributed by atoms with Crippen molar-refractivity contribution in [2.45, 2.75) is 26.8 Å². The average molecular weight is 278 g/mol. The molecule has 7 nitrogen and oxygen atoms in total. The number of carbonyl (C=O) groups is 1. The number of rotatable bonds is 4. The number of aliphatic hydroxyl groups is 1. The summed E-state index contributed by atoms with van der Waals surface area (Å²) in [4.78, 5) is 23.9. The first kappa shape index (κ1) is 14.4. The Morgan fingerprint density at radius 2 is 2.20 bits per heavy atom. The van der Waals surface area contributed by atoms with Crippen LogP contribution in [0, 0.1) is 5.41 Å². The van der Waals surface area contributed by atoms with Crippen LogP contribution in [-0.2, 0) is 9.53 Å². The molecule has 0 aromatic carbocycles. The second-order valence-electron chi connectivity index (χ2n) is 5.57. The number of aliphatic hydroxyl groups excluding tert-OH is 1. The van der Waals surface area contributed by atoms with Crippen LogP contribution >= 0.6 is 0 Å². The van der Waals surface area contributed by atoms with Crippen molar-refractivity contribution in [3.63, 3.8) is 0 Å². The number of esters is 1. The van der Waals surface area contributed by atoms with Gasteiger partial charge in [-0.15, -0.1) is 0 Å². The minimum absolute atomic E-state index is 0.0715. The van der Waals surface area contributed by atoms with Crippen LogP contribution in [0.5, 0.6) is 0 Å². The van der Waals surface area contributed by atoms with Crippen LogP contribution in [0.4, 0.5) is 0 Å². The largest absolute Gasteiger partial charge is 0.463 e. The number of hydrogen-bond donors (Lipinski definition) is 1. The molecule has 1 N–H and O–H groups in total. The maximum atomic E-state index is 11.8. The fraction of sp³-hybridized carbons (Fsp3) is 0.538. The molecule has 2 heterocycles. The van der Waals surface area contributed by atoms with Gasteiger partial charge in [0, 0.05) is 0 Å². The molecule has 1 unspecified atom stereocenters. The van der Waals surface area contributed by atoms with Gasteiger partial charge in [-0.05, 0) is 20.8 Å². The van der Waals surface area contributed by atoms with E-state index in [0.29, 0.717) is 11.2 Å². The number of nitrogens with zero attached hydrogens (tertiary/aromatic N) is 4. The molecule has 2 aromatic heterocycles. The molecule has 0 bridgehead atoms. The fourth-order valence-corrected chi connectivity index (χ4v) is 1.66. The Bertz CT molecular complexity index is 603. The van der Waals surface area contributed by atoms with E-state index in [2.05, 4.69) is 15.0 Å². The molecule has 0 aliphatic rings. The summed E-state index contributed by atoms with van der Waals surface area (Å²) in [5, 5.41) is 9.49. The van der Waals surface area contributed by atoms with Gasteiger partial charge >= 0.3 is 5.97 Å². The van der Waals surface area contributed by atoms with Crippen molar-refractivity contribution in [3.8, 4) is 0 Å². The Hall–Kier alpha value is -2.02. The lowest BCUT2D eigenvalue weighted by Crippen LogP contribution is -2.27. The molecule has 108 valence electrons. The Balaban J connectivity index is 2.15. The molecule has 1 atom stereocenters. The van der Waals surface area contributed by atoms with Crippen LogP contribution in [0.1, 0.15) is 26.8 Å². The van der Waals surface area contributed by atoms with Gasteiger partial charge in [-0.2, -0.15) is 0 Å². The standard InChI is InChI=1S/C13H18N4O3/c1-13(2,3)12(19)20-6-9(5-18)17-8-16-10-4-14-7-15-11(10)17/h4,7-9,18H,5-6H2,1-3H3. The van der Waals surface area contributed by atoms with E-state index < -0.39 is 11.5 Å². The lowest BCUT2D eigenvalue weighted by Gasteiger charge is -2.21. The molecule has 0 aliphatic heterocycles. The number of carbonyl (C=O) groups excluding carboxylic acids is 1. The predicted molar refractivity (Wildman–Crippen MR) is 71.9 cm³/mol. The highest BCUT2D eigenvalue weighted by Gasteiger charge is 2.25. The first-order valence-corrected chi connectivity index (χ1v) is 6.34. The normalized spacial score (nSPS) is 13.4. The third kappa shape index (κ3) is 2.93. The summed E-state index contributed by atoms with van der Waals surface area (Å²) in [5.74, 6) is -0.310. The van der Waals surface area contributed by atoms with Crippen LogP contribution in [0.25, 0.3) is 11.2 Å². The Morgan fingerprint density at radius 1 is 1.45 bits per heavy atom. The van der Waals surface area contributed by atoms with Gasteiger partial charge in [-0.3, -0.25) is 4.79 Å². The van der Waals surface area contributed by atoms with Gasteiger partial charge in [-0.25, -0.2) is 15.0 Å². The van der Waals surface area contributed by atoms with E-state index in [4.69, 9.17) is 4.74 Å². The van der Waals surface area contributed by atoms with Crippen molar-refractivity contribution in [2.75, 3.05) is 13.2 Å². The molecule has 0 saturated heterocycles. The molecule has 0 radical (unpaired) electrons. The molecule has 20 heavy (non-hydrogen) atoms. The first-order valence-electron chi connectivity index (χ1n) is 6.34. The zero-order chi connectivity index (χ0) is 14.8. The molecule has 0 fully saturated rings. The predicted octanol–water partition coefficient (Wildman–Crippen LogP) is 0.949. The van der Waals surface area contributed by atoms with E-state index in [-0.39, 0.29) is 19.2 Å². The lowest BCUT2D eigenvalue weighted by atomic mass is 9.97. The number of imidazole rings is 1. The van der Waals surface area contributed by atoms with Gasteiger partial charge in [0.1, 0.15) is 18.5 Å². The van der Waals surface area contributed by atoms with Gasteiger partial charge < -0.3 is 14.4 Å². The minimum atomic E-state index is -0.570. The summed E-state index contributed by atoms with van der Waals surface area (Å²) in [6, 6.07) is -0.416. The van der Waals surface area contributed by atoms with Crippen molar-refractivity contribution in [3.05, 3.63) is 18.9 Å². The third-order valence-corrected chi connectivity index (χ3v) is 2.86. The monoisotopic (exact) mass is 278 g/mol. The van der Waals surface area contributed by atoms with Crippen LogP contribution in [-0.4, -0.2) is 43.8 Å². The highest BCUT2D eigenvalue weighted by Crippen LogP contribution is 2.18. The highest BCUT2D eigenvalue weighted by atomic mass is 16.5. The van der Waals surface area contributed by atoms with Crippen molar-refractivity contribution in [1.29, 1.82) is 0 Å². The maximum Gasteiger partial charge on any atom is 0.311 e. The summed E-state index contributed by atoms with van der Waals surface area (Å²) in [7, 11) is 0. The summed E-state index contributed by atoms with van der Waals surface area (Å²) < 4.78 is 6.93. The molecular formula is C13H18N4O3. The summed E-state index contributed by atoms with van der Waals surface area (Å²) >= 11 is 0. The maximum absolute atomic E-state index is 11.8. The first-order chi connectivity index (χ1) is 9.43. The summed E-state index contributed by atoms with van der Waals surface area (Å²) in [5.41, 5.74) is 0.665. The van der Waals surface area contributed by atoms with E-state index in [1.807, 2.05) is 0 Å². The van der Waals surface area contributed by atoms with E-state index in [0.717, 1.165) is 0 Å². The topological polar surface area (TPSA) is 90.1 Å². The zero-order valence-corrected chi connectivity index (χ0v) is 11.8. The van der Waals surface area contributed by atoms with E-state index >= 15 is 0 Å². The highest BCUT2D eigenvalue weighted by molar-refractivity contribution is 5.75. The molecule has 0 spiro atoms. The second-order valence-corrected chi connectivity index (χ2v) is 5.57. The van der Waals surface area contributed by atoms with Gasteiger partial charge in [-0.1, -0.05) is 0 Å². The smallest absolute Gasteiger partial charge is 0.311 e. The summed E-state index contributed by atoms with van der Waals surface area (Å²) in [6.07, 6.45) is 4.57. The molecule has 2 rings (SSSR count). The Morgan fingerprint density at radius 3 is 2.85 bits per heavy atom. The van der Waals surface area contributed by atoms with Crippen LogP contribution < -0.4 is 0 Å². The molecule has 0 aliphatic carbocycles. The van der Waals surface area contributed by atoms with Crippen molar-refractivity contribution in [1.82, 2.24) is 19.5 Å². The molecule has 2 aromatic rings. The fourth-order valence-electron chi connectivity index (χ4n) is 1.66. The molecule has 0 saturated carbocycles. The lowest BCUT2D eigenvalue weighted by molar-refractivity contribution is -0.154. The Kier molecular flexibility index (Phi) is 3.99. The van der Waals surface area contributed by atoms with Crippen LogP contribution in [0.2, 0.25) is 0 Å². The number of ether oxygens (including phenoxy) is 1. The number of hydrogen-bond acceptors (Lipinski definition) is 6. The molecular weight excluding hydrogens is 260 g/mol. The van der Waals surface area contributed by atoms with Crippen molar-refractivity contribution < 1.29 is 14.6 Å². The van der Waals surface area contributed by atoms with E-state index in [9.17, 15) is 9.90 Å². The van der Waals surface area contributed by atoms with Crippen molar-refractivity contribution in [2.24, 2.45) is 5.41 Å². The van der Waals surface area contributed by atoms with E-state index in [1.165, 1.54) is 6.33 Å². The zero-order valence-electron chi connectivity index (χ0n) is 11.8. The number of aromatic nitrogens is 4. The second kappa shape index (κ2) is 5.54. The van der Waals surface area contributed by atoms with Gasteiger partial charge in [0.25, 0.3) is 0 Å². The molecule has 7 heteroatoms. The van der Waals surface area contributed by atoms with Crippen LogP contribution in [0.3, 0.4) is 0 Å². The van der Waals surface area contributed by atoms with Gasteiger partial charge in [0.05, 0.1) is 30.6 Å².